The fourth-order valence-corrected chi connectivity index (χ4v) is 2.04. The van der Waals surface area contributed by atoms with Crippen molar-refractivity contribution in [3.8, 4) is 0 Å². The lowest BCUT2D eigenvalue weighted by molar-refractivity contribution is -0.115. The maximum absolute atomic E-state index is 11.0. The summed E-state index contributed by atoms with van der Waals surface area (Å²) in [5.41, 5.74) is 1.39. The fraction of sp³-hybridized carbons (Fsp3) is 0.700. The molecule has 0 unspecified atom stereocenters. The van der Waals surface area contributed by atoms with Crippen molar-refractivity contribution in [3.05, 3.63) is 11.6 Å². The minimum absolute atomic E-state index is 0.339. The van der Waals surface area contributed by atoms with Gasteiger partial charge >= 0.3 is 0 Å². The van der Waals surface area contributed by atoms with Gasteiger partial charge in [0, 0.05) is 6.42 Å². The van der Waals surface area contributed by atoms with Crippen LogP contribution in [0.4, 0.5) is 0 Å². The van der Waals surface area contributed by atoms with Gasteiger partial charge in [0.2, 0.25) is 0 Å². The Kier molecular flexibility index (Phi) is 4.88. The zero-order chi connectivity index (χ0) is 8.81. The molecule has 1 nitrogen and oxygen atoms in total. The second kappa shape index (κ2) is 5.73. The predicted octanol–water partition coefficient (Wildman–Crippen LogP) is 3.27. The van der Waals surface area contributed by atoms with E-state index in [2.05, 4.69) is 22.6 Å². The van der Waals surface area contributed by atoms with Crippen LogP contribution < -0.4 is 0 Å². The first-order chi connectivity index (χ1) is 5.83. The van der Waals surface area contributed by atoms with Crippen molar-refractivity contribution < 1.29 is 4.79 Å². The number of carbonyl (C=O) groups is 1. The summed E-state index contributed by atoms with van der Waals surface area (Å²) in [6.45, 7) is 0. The van der Waals surface area contributed by atoms with E-state index in [4.69, 9.17) is 0 Å². The molecule has 0 heterocycles. The van der Waals surface area contributed by atoms with Crippen molar-refractivity contribution in [1.29, 1.82) is 0 Å². The molecule has 0 spiro atoms. The number of unbranched alkanes of at least 4 members (excludes halogenated alkanes) is 1. The first-order valence-corrected chi connectivity index (χ1v) is 6.13. The van der Waals surface area contributed by atoms with Crippen LogP contribution in [0.15, 0.2) is 11.6 Å². The van der Waals surface area contributed by atoms with Gasteiger partial charge in [-0.25, -0.2) is 0 Å². The van der Waals surface area contributed by atoms with Crippen molar-refractivity contribution in [2.75, 3.05) is 4.43 Å². The Hall–Kier alpha value is 0.140. The van der Waals surface area contributed by atoms with Gasteiger partial charge in [0.15, 0.2) is 5.78 Å². The van der Waals surface area contributed by atoms with E-state index in [0.717, 1.165) is 25.7 Å². The molecule has 68 valence electrons. The van der Waals surface area contributed by atoms with Gasteiger partial charge in [0.1, 0.15) is 0 Å². The molecule has 0 atom stereocenters. The lowest BCUT2D eigenvalue weighted by Crippen LogP contribution is -2.02. The molecule has 12 heavy (non-hydrogen) atoms. The molecule has 0 saturated heterocycles. The highest BCUT2D eigenvalue weighted by atomic mass is 127. The molecule has 0 aromatic heterocycles. The van der Waals surface area contributed by atoms with E-state index >= 15 is 0 Å². The molecule has 0 radical (unpaired) electrons. The molecule has 0 fully saturated rings. The molecule has 1 aliphatic carbocycles. The van der Waals surface area contributed by atoms with Crippen LogP contribution in [0.2, 0.25) is 0 Å². The summed E-state index contributed by atoms with van der Waals surface area (Å²) in [5.74, 6) is 0.339. The van der Waals surface area contributed by atoms with Crippen molar-refractivity contribution >= 4 is 28.4 Å². The summed E-state index contributed by atoms with van der Waals surface area (Å²) in [6.07, 6.45) is 8.57. The normalized spacial score (nSPS) is 17.8. The fourth-order valence-electron chi connectivity index (χ4n) is 1.51. The van der Waals surface area contributed by atoms with Crippen LogP contribution in [0.5, 0.6) is 0 Å². The molecule has 0 aromatic carbocycles. The molecule has 0 aliphatic heterocycles. The average Bonchev–Trinajstić information content (AvgIpc) is 2.05. The van der Waals surface area contributed by atoms with Crippen molar-refractivity contribution in [2.24, 2.45) is 0 Å². The minimum atomic E-state index is 0.339. The second-order valence-electron chi connectivity index (χ2n) is 3.27. The number of rotatable bonds is 4. The Morgan fingerprint density at radius 1 is 1.33 bits per heavy atom. The van der Waals surface area contributed by atoms with Gasteiger partial charge < -0.3 is 0 Å². The van der Waals surface area contributed by atoms with Gasteiger partial charge in [0.05, 0.1) is 0 Å². The van der Waals surface area contributed by atoms with E-state index in [1.165, 1.54) is 22.8 Å². The number of alkyl halides is 1. The van der Waals surface area contributed by atoms with Crippen LogP contribution in [-0.4, -0.2) is 10.2 Å². The van der Waals surface area contributed by atoms with E-state index in [1.807, 2.05) is 6.08 Å². The third-order valence-corrected chi connectivity index (χ3v) is 2.93. The summed E-state index contributed by atoms with van der Waals surface area (Å²) in [6, 6.07) is 0. The molecule has 0 N–H and O–H groups in total. The number of allylic oxidation sites excluding steroid dienone is 2. The second-order valence-corrected chi connectivity index (χ2v) is 4.35. The van der Waals surface area contributed by atoms with E-state index in [-0.39, 0.29) is 0 Å². The van der Waals surface area contributed by atoms with Crippen LogP contribution >= 0.6 is 22.6 Å². The van der Waals surface area contributed by atoms with Gasteiger partial charge in [-0.3, -0.25) is 4.79 Å². The summed E-state index contributed by atoms with van der Waals surface area (Å²) < 4.78 is 1.24. The molecule has 0 aromatic rings. The average molecular weight is 278 g/mol. The molecule has 1 aliphatic rings. The van der Waals surface area contributed by atoms with Crippen LogP contribution in [-0.2, 0) is 4.79 Å². The first-order valence-electron chi connectivity index (χ1n) is 4.61. The van der Waals surface area contributed by atoms with Gasteiger partial charge in [-0.1, -0.05) is 28.2 Å². The molecule has 0 saturated carbocycles. The third-order valence-electron chi connectivity index (χ3n) is 2.17. The van der Waals surface area contributed by atoms with Crippen LogP contribution in [0.3, 0.4) is 0 Å². The number of carbonyl (C=O) groups excluding carboxylic acids is 1. The molecule has 0 bridgehead atoms. The highest BCUT2D eigenvalue weighted by Gasteiger charge is 2.08. The lowest BCUT2D eigenvalue weighted by atomic mass is 9.95. The molecular formula is C10H15IO. The predicted molar refractivity (Wildman–Crippen MR) is 59.7 cm³/mol. The minimum Gasteiger partial charge on any atom is -0.295 e. The summed E-state index contributed by atoms with van der Waals surface area (Å²) in [7, 11) is 0. The van der Waals surface area contributed by atoms with Crippen LogP contribution in [0.1, 0.15) is 38.5 Å². The SMILES string of the molecule is O=C1C=C(CCCCI)CCC1. The summed E-state index contributed by atoms with van der Waals surface area (Å²) in [4.78, 5) is 11.0. The van der Waals surface area contributed by atoms with Crippen LogP contribution in [0, 0.1) is 0 Å². The topological polar surface area (TPSA) is 17.1 Å². The molecule has 2 heteroatoms. The van der Waals surface area contributed by atoms with E-state index < -0.39 is 0 Å². The first kappa shape index (κ1) is 10.2. The number of ketones is 1. The zero-order valence-electron chi connectivity index (χ0n) is 7.31. The zero-order valence-corrected chi connectivity index (χ0v) is 9.47. The summed E-state index contributed by atoms with van der Waals surface area (Å²) >= 11 is 2.40. The maximum Gasteiger partial charge on any atom is 0.155 e. The Balaban J connectivity index is 2.26. The van der Waals surface area contributed by atoms with Crippen molar-refractivity contribution in [2.45, 2.75) is 38.5 Å². The van der Waals surface area contributed by atoms with Crippen molar-refractivity contribution in [3.63, 3.8) is 0 Å². The van der Waals surface area contributed by atoms with Gasteiger partial charge in [-0.15, -0.1) is 0 Å². The monoisotopic (exact) mass is 278 g/mol. The Morgan fingerprint density at radius 2 is 2.17 bits per heavy atom. The van der Waals surface area contributed by atoms with Gasteiger partial charge in [0.25, 0.3) is 0 Å². The number of halogens is 1. The highest BCUT2D eigenvalue weighted by molar-refractivity contribution is 14.1. The quantitative estimate of drug-likeness (QED) is 0.438. The van der Waals surface area contributed by atoms with Gasteiger partial charge in [-0.2, -0.15) is 0 Å². The Bertz CT molecular complexity index is 184. The highest BCUT2D eigenvalue weighted by Crippen LogP contribution is 2.20. The standard InChI is InChI=1S/C10H15IO/c11-7-2-1-4-9-5-3-6-10(12)8-9/h8H,1-7H2. The molecule has 1 rings (SSSR count). The Labute approximate surface area is 87.8 Å². The largest absolute Gasteiger partial charge is 0.295 e. The maximum atomic E-state index is 11.0. The van der Waals surface area contributed by atoms with E-state index in [0.29, 0.717) is 5.78 Å². The van der Waals surface area contributed by atoms with Crippen LogP contribution in [0.25, 0.3) is 0 Å². The molecular weight excluding hydrogens is 263 g/mol. The number of hydrogen-bond donors (Lipinski definition) is 0. The molecule has 0 amide bonds. The number of hydrogen-bond acceptors (Lipinski definition) is 1. The van der Waals surface area contributed by atoms with Crippen molar-refractivity contribution in [1.82, 2.24) is 0 Å². The van der Waals surface area contributed by atoms with E-state index in [1.54, 1.807) is 0 Å². The van der Waals surface area contributed by atoms with Gasteiger partial charge in [-0.05, 0) is 42.6 Å². The lowest BCUT2D eigenvalue weighted by Gasteiger charge is -2.10. The third kappa shape index (κ3) is 3.70. The van der Waals surface area contributed by atoms with E-state index in [9.17, 15) is 4.79 Å². The Morgan fingerprint density at radius 3 is 2.83 bits per heavy atom. The smallest absolute Gasteiger partial charge is 0.155 e. The summed E-state index contributed by atoms with van der Waals surface area (Å²) in [5, 5.41) is 0.